The van der Waals surface area contributed by atoms with Gasteiger partial charge >= 0.3 is 5.97 Å². The molecule has 2 aromatic rings. The second-order valence-electron chi connectivity index (χ2n) is 3.62. The lowest BCUT2D eigenvalue weighted by Gasteiger charge is -1.99. The maximum absolute atomic E-state index is 11.6. The molecular weight excluding hydrogens is 268 g/mol. The van der Waals surface area contributed by atoms with Crippen LogP contribution < -0.4 is 5.32 Å². The summed E-state index contributed by atoms with van der Waals surface area (Å²) in [7, 11) is 0. The van der Waals surface area contributed by atoms with Crippen LogP contribution in [-0.4, -0.2) is 21.4 Å². The molecule has 0 unspecified atom stereocenters. The number of aromatic nitrogens is 1. The van der Waals surface area contributed by atoms with Crippen molar-refractivity contribution >= 4 is 34.5 Å². The molecule has 0 radical (unpaired) electrons. The zero-order chi connectivity index (χ0) is 13.8. The van der Waals surface area contributed by atoms with Gasteiger partial charge in [0.2, 0.25) is 5.91 Å². The molecule has 98 valence electrons. The zero-order valence-corrected chi connectivity index (χ0v) is 10.7. The second-order valence-corrected chi connectivity index (χ2v) is 4.39. The average Bonchev–Trinajstić information content (AvgIpc) is 2.96. The van der Waals surface area contributed by atoms with Crippen molar-refractivity contribution in [3.05, 3.63) is 41.5 Å². The first kappa shape index (κ1) is 13.0. The van der Waals surface area contributed by atoms with Gasteiger partial charge in [-0.15, -0.1) is 0 Å². The zero-order valence-electron chi connectivity index (χ0n) is 9.91. The fourth-order valence-corrected chi connectivity index (χ4v) is 2.20. The van der Waals surface area contributed by atoms with Gasteiger partial charge in [0.1, 0.15) is 16.3 Å². The van der Waals surface area contributed by atoms with Crippen LogP contribution in [0.4, 0.5) is 5.00 Å². The van der Waals surface area contributed by atoms with Gasteiger partial charge in [-0.2, -0.15) is 4.37 Å². The van der Waals surface area contributed by atoms with Crippen LogP contribution >= 0.6 is 11.5 Å². The number of nitrogens with one attached hydrogen (secondary N) is 1. The maximum atomic E-state index is 11.6. The molecule has 2 heterocycles. The van der Waals surface area contributed by atoms with E-state index in [9.17, 15) is 9.59 Å². The van der Waals surface area contributed by atoms with Crippen molar-refractivity contribution < 1.29 is 19.1 Å². The van der Waals surface area contributed by atoms with Crippen molar-refractivity contribution in [1.29, 1.82) is 0 Å². The maximum Gasteiger partial charge on any atom is 0.340 e. The summed E-state index contributed by atoms with van der Waals surface area (Å²) >= 11 is 0.936. The van der Waals surface area contributed by atoms with E-state index in [0.29, 0.717) is 11.5 Å². The molecule has 0 aliphatic rings. The number of furan rings is 1. The van der Waals surface area contributed by atoms with Crippen molar-refractivity contribution in [3.63, 3.8) is 0 Å². The summed E-state index contributed by atoms with van der Waals surface area (Å²) in [6.07, 6.45) is 4.25. The van der Waals surface area contributed by atoms with Crippen LogP contribution in [0.2, 0.25) is 0 Å². The van der Waals surface area contributed by atoms with E-state index in [1.807, 2.05) is 0 Å². The third kappa shape index (κ3) is 3.08. The number of hydrogen-bond acceptors (Lipinski definition) is 5. The lowest BCUT2D eigenvalue weighted by Crippen LogP contribution is -2.10. The van der Waals surface area contributed by atoms with E-state index in [1.54, 1.807) is 19.1 Å². The number of aryl methyl sites for hydroxylation is 1. The van der Waals surface area contributed by atoms with Crippen LogP contribution in [0.25, 0.3) is 6.08 Å². The Morgan fingerprint density at radius 3 is 2.95 bits per heavy atom. The van der Waals surface area contributed by atoms with E-state index in [0.717, 1.165) is 11.5 Å². The highest BCUT2D eigenvalue weighted by Gasteiger charge is 2.18. The molecule has 0 fully saturated rings. The molecule has 2 aromatic heterocycles. The van der Waals surface area contributed by atoms with Crippen molar-refractivity contribution in [2.24, 2.45) is 0 Å². The van der Waals surface area contributed by atoms with Gasteiger partial charge in [0.15, 0.2) is 0 Å². The number of anilines is 1. The minimum Gasteiger partial charge on any atom is -0.478 e. The predicted octanol–water partition coefficient (Wildman–Crippen LogP) is 2.39. The van der Waals surface area contributed by atoms with Gasteiger partial charge in [-0.25, -0.2) is 4.79 Å². The third-order valence-corrected chi connectivity index (χ3v) is 3.11. The number of carbonyl (C=O) groups excluding carboxylic acids is 1. The minimum atomic E-state index is -1.11. The monoisotopic (exact) mass is 278 g/mol. The smallest absolute Gasteiger partial charge is 0.340 e. The van der Waals surface area contributed by atoms with Gasteiger partial charge in [0, 0.05) is 6.08 Å². The standard InChI is InChI=1S/C12H10N2O4S/c1-7-10(12(16)17)11(19-14-7)13-9(15)5-4-8-3-2-6-18-8/h2-6H,1H3,(H,13,15)(H,16,17)/b5-4+. The van der Waals surface area contributed by atoms with Gasteiger partial charge in [-0.1, -0.05) is 0 Å². The normalized spacial score (nSPS) is 10.8. The molecule has 0 aliphatic heterocycles. The molecule has 0 bridgehead atoms. The van der Waals surface area contributed by atoms with Crippen LogP contribution in [0.15, 0.2) is 28.9 Å². The Hall–Kier alpha value is -2.41. The molecule has 19 heavy (non-hydrogen) atoms. The third-order valence-electron chi connectivity index (χ3n) is 2.26. The van der Waals surface area contributed by atoms with E-state index >= 15 is 0 Å². The molecule has 0 saturated carbocycles. The largest absolute Gasteiger partial charge is 0.478 e. The number of carboxylic acids is 1. The Labute approximate surface area is 112 Å². The number of carboxylic acid groups (broad SMARTS) is 1. The number of carbonyl (C=O) groups is 2. The van der Waals surface area contributed by atoms with Gasteiger partial charge in [-0.05, 0) is 36.7 Å². The molecule has 2 N–H and O–H groups in total. The van der Waals surface area contributed by atoms with Crippen LogP contribution in [-0.2, 0) is 4.79 Å². The number of nitrogens with zero attached hydrogens (tertiary/aromatic N) is 1. The van der Waals surface area contributed by atoms with Gasteiger partial charge in [-0.3, -0.25) is 4.79 Å². The molecule has 1 amide bonds. The van der Waals surface area contributed by atoms with Crippen LogP contribution in [0.1, 0.15) is 21.8 Å². The fourth-order valence-electron chi connectivity index (χ4n) is 1.40. The number of rotatable bonds is 4. The van der Waals surface area contributed by atoms with Crippen LogP contribution in [0.5, 0.6) is 0 Å². The molecular formula is C12H10N2O4S. The lowest BCUT2D eigenvalue weighted by molar-refractivity contribution is -0.111. The molecule has 6 nitrogen and oxygen atoms in total. The molecule has 7 heteroatoms. The molecule has 0 spiro atoms. The Kier molecular flexibility index (Phi) is 3.76. The summed E-state index contributed by atoms with van der Waals surface area (Å²) in [6.45, 7) is 1.58. The summed E-state index contributed by atoms with van der Waals surface area (Å²) in [4.78, 5) is 22.7. The minimum absolute atomic E-state index is 0.0183. The Morgan fingerprint density at radius 1 is 1.53 bits per heavy atom. The molecule has 0 aromatic carbocycles. The number of aromatic carboxylic acids is 1. The highest BCUT2D eigenvalue weighted by atomic mass is 32.1. The predicted molar refractivity (Wildman–Crippen MR) is 70.2 cm³/mol. The summed E-state index contributed by atoms with van der Waals surface area (Å²) < 4.78 is 8.93. The van der Waals surface area contributed by atoms with E-state index in [4.69, 9.17) is 9.52 Å². The first-order valence-electron chi connectivity index (χ1n) is 5.30. The quantitative estimate of drug-likeness (QED) is 0.838. The summed E-state index contributed by atoms with van der Waals surface area (Å²) in [5.41, 5.74) is 0.396. The SMILES string of the molecule is Cc1nsc(NC(=O)/C=C/c2ccco2)c1C(=O)O. The summed E-state index contributed by atoms with van der Waals surface area (Å²) in [6, 6.07) is 3.40. The topological polar surface area (TPSA) is 92.4 Å². The molecule has 0 aliphatic carbocycles. The van der Waals surface area contributed by atoms with E-state index in [2.05, 4.69) is 9.69 Å². The first-order valence-corrected chi connectivity index (χ1v) is 6.07. The Balaban J connectivity index is 2.09. The highest BCUT2D eigenvalue weighted by Crippen LogP contribution is 2.24. The van der Waals surface area contributed by atoms with Crippen LogP contribution in [0, 0.1) is 6.92 Å². The lowest BCUT2D eigenvalue weighted by atomic mass is 10.2. The van der Waals surface area contributed by atoms with E-state index in [1.165, 1.54) is 18.4 Å². The van der Waals surface area contributed by atoms with Gasteiger partial charge in [0.25, 0.3) is 0 Å². The highest BCUT2D eigenvalue weighted by molar-refractivity contribution is 7.11. The second kappa shape index (κ2) is 5.49. The van der Waals surface area contributed by atoms with Crippen molar-refractivity contribution in [2.75, 3.05) is 5.32 Å². The number of amides is 1. The average molecular weight is 278 g/mol. The fraction of sp³-hybridized carbons (Fsp3) is 0.0833. The molecule has 0 saturated heterocycles. The Bertz CT molecular complexity index is 628. The number of hydrogen-bond donors (Lipinski definition) is 2. The van der Waals surface area contributed by atoms with Gasteiger partial charge in [0.05, 0.1) is 12.0 Å². The van der Waals surface area contributed by atoms with Crippen molar-refractivity contribution in [2.45, 2.75) is 6.92 Å². The van der Waals surface area contributed by atoms with E-state index in [-0.39, 0.29) is 10.6 Å². The van der Waals surface area contributed by atoms with Crippen LogP contribution in [0.3, 0.4) is 0 Å². The molecule has 0 atom stereocenters. The van der Waals surface area contributed by atoms with Gasteiger partial charge < -0.3 is 14.8 Å². The summed E-state index contributed by atoms with van der Waals surface area (Å²) in [5, 5.41) is 11.7. The van der Waals surface area contributed by atoms with Crippen molar-refractivity contribution in [3.8, 4) is 0 Å². The summed E-state index contributed by atoms with van der Waals surface area (Å²) in [5.74, 6) is -1.02. The Morgan fingerprint density at radius 2 is 2.32 bits per heavy atom. The first-order chi connectivity index (χ1) is 9.08. The molecule has 2 rings (SSSR count). The van der Waals surface area contributed by atoms with Crippen molar-refractivity contribution in [1.82, 2.24) is 4.37 Å². The van der Waals surface area contributed by atoms with E-state index < -0.39 is 11.9 Å².